The van der Waals surface area contributed by atoms with Crippen LogP contribution in [-0.2, 0) is 0 Å². The van der Waals surface area contributed by atoms with Crippen LogP contribution in [0.15, 0.2) is 18.2 Å². The van der Waals surface area contributed by atoms with Crippen LogP contribution in [0, 0.1) is 3.57 Å². The molecule has 1 heterocycles. The van der Waals surface area contributed by atoms with Gasteiger partial charge in [-0.25, -0.2) is 0 Å². The van der Waals surface area contributed by atoms with Gasteiger partial charge in [0, 0.05) is 15.1 Å². The highest BCUT2D eigenvalue weighted by molar-refractivity contribution is 14.1. The minimum absolute atomic E-state index is 0.601. The standard InChI is InChI=1S/C11H13ClIN/c12-9-4-1-5-10(13)11(9)8-3-2-6-14-7-8/h1,4-5,8,14H,2-3,6-7H2. The van der Waals surface area contributed by atoms with Gasteiger partial charge in [-0.1, -0.05) is 17.7 Å². The van der Waals surface area contributed by atoms with Crippen LogP contribution in [0.25, 0.3) is 0 Å². The Morgan fingerprint density at radius 3 is 2.93 bits per heavy atom. The van der Waals surface area contributed by atoms with Crippen molar-refractivity contribution in [3.63, 3.8) is 0 Å². The molecule has 1 saturated heterocycles. The topological polar surface area (TPSA) is 12.0 Å². The molecule has 1 aliphatic rings. The Labute approximate surface area is 103 Å². The lowest BCUT2D eigenvalue weighted by molar-refractivity contribution is 0.460. The molecule has 1 unspecified atom stereocenters. The molecule has 1 aromatic carbocycles. The second-order valence-corrected chi connectivity index (χ2v) is 5.25. The zero-order valence-corrected chi connectivity index (χ0v) is 10.8. The normalized spacial score (nSPS) is 22.3. The van der Waals surface area contributed by atoms with Crippen molar-refractivity contribution in [2.45, 2.75) is 18.8 Å². The highest BCUT2D eigenvalue weighted by atomic mass is 127. The lowest BCUT2D eigenvalue weighted by Gasteiger charge is -2.24. The summed E-state index contributed by atoms with van der Waals surface area (Å²) in [5.74, 6) is 0.601. The average Bonchev–Trinajstić information content (AvgIpc) is 2.19. The van der Waals surface area contributed by atoms with Crippen molar-refractivity contribution in [3.05, 3.63) is 32.4 Å². The Balaban J connectivity index is 2.29. The van der Waals surface area contributed by atoms with E-state index in [0.717, 1.165) is 18.1 Å². The Kier molecular flexibility index (Phi) is 3.68. The lowest BCUT2D eigenvalue weighted by Crippen LogP contribution is -2.28. The van der Waals surface area contributed by atoms with E-state index in [1.54, 1.807) is 0 Å². The predicted molar refractivity (Wildman–Crippen MR) is 69.0 cm³/mol. The van der Waals surface area contributed by atoms with Crippen molar-refractivity contribution < 1.29 is 0 Å². The molecular weight excluding hydrogens is 308 g/mol. The Hall–Kier alpha value is 0.200. The third kappa shape index (κ3) is 2.23. The maximum atomic E-state index is 6.23. The summed E-state index contributed by atoms with van der Waals surface area (Å²) in [6.45, 7) is 2.22. The Morgan fingerprint density at radius 2 is 2.29 bits per heavy atom. The number of rotatable bonds is 1. The number of piperidine rings is 1. The summed E-state index contributed by atoms with van der Waals surface area (Å²) in [4.78, 5) is 0. The van der Waals surface area contributed by atoms with Crippen molar-refractivity contribution in [2.75, 3.05) is 13.1 Å². The Bertz CT molecular complexity index is 301. The van der Waals surface area contributed by atoms with Crippen molar-refractivity contribution in [2.24, 2.45) is 0 Å². The van der Waals surface area contributed by atoms with Gasteiger partial charge in [-0.05, 0) is 65.6 Å². The zero-order chi connectivity index (χ0) is 9.97. The van der Waals surface area contributed by atoms with Crippen LogP contribution in [0.4, 0.5) is 0 Å². The predicted octanol–water partition coefficient (Wildman–Crippen LogP) is 3.41. The second-order valence-electron chi connectivity index (χ2n) is 3.68. The average molecular weight is 322 g/mol. The molecule has 0 radical (unpaired) electrons. The van der Waals surface area contributed by atoms with E-state index in [4.69, 9.17) is 11.6 Å². The molecule has 1 atom stereocenters. The monoisotopic (exact) mass is 321 g/mol. The maximum Gasteiger partial charge on any atom is 0.0451 e. The van der Waals surface area contributed by atoms with Gasteiger partial charge in [0.25, 0.3) is 0 Å². The molecule has 1 N–H and O–H groups in total. The van der Waals surface area contributed by atoms with Crippen molar-refractivity contribution >= 4 is 34.2 Å². The molecule has 0 aliphatic carbocycles. The van der Waals surface area contributed by atoms with Crippen molar-refractivity contribution in [3.8, 4) is 0 Å². The minimum Gasteiger partial charge on any atom is -0.316 e. The van der Waals surface area contributed by atoms with E-state index in [9.17, 15) is 0 Å². The largest absolute Gasteiger partial charge is 0.316 e. The minimum atomic E-state index is 0.601. The van der Waals surface area contributed by atoms with Gasteiger partial charge in [-0.15, -0.1) is 0 Å². The van der Waals surface area contributed by atoms with E-state index in [2.05, 4.69) is 34.0 Å². The molecule has 14 heavy (non-hydrogen) atoms. The molecule has 76 valence electrons. The summed E-state index contributed by atoms with van der Waals surface area (Å²) in [6.07, 6.45) is 2.51. The van der Waals surface area contributed by atoms with Crippen LogP contribution in [0.2, 0.25) is 5.02 Å². The molecule has 1 aromatic rings. The summed E-state index contributed by atoms with van der Waals surface area (Å²) in [7, 11) is 0. The molecule has 3 heteroatoms. The molecule has 0 spiro atoms. The van der Waals surface area contributed by atoms with Crippen LogP contribution < -0.4 is 5.32 Å². The third-order valence-corrected chi connectivity index (χ3v) is 3.98. The summed E-state index contributed by atoms with van der Waals surface area (Å²) in [5, 5.41) is 4.35. The van der Waals surface area contributed by atoms with Crippen LogP contribution in [0.1, 0.15) is 24.3 Å². The van der Waals surface area contributed by atoms with Crippen molar-refractivity contribution in [1.29, 1.82) is 0 Å². The highest BCUT2D eigenvalue weighted by Crippen LogP contribution is 2.32. The van der Waals surface area contributed by atoms with E-state index in [1.165, 1.54) is 22.0 Å². The van der Waals surface area contributed by atoms with Gasteiger partial charge < -0.3 is 5.32 Å². The number of hydrogen-bond donors (Lipinski definition) is 1. The van der Waals surface area contributed by atoms with Gasteiger partial charge >= 0.3 is 0 Å². The fourth-order valence-electron chi connectivity index (χ4n) is 2.00. The number of hydrogen-bond acceptors (Lipinski definition) is 1. The van der Waals surface area contributed by atoms with E-state index in [1.807, 2.05) is 12.1 Å². The third-order valence-electron chi connectivity index (χ3n) is 2.70. The van der Waals surface area contributed by atoms with Crippen LogP contribution >= 0.6 is 34.2 Å². The van der Waals surface area contributed by atoms with Crippen LogP contribution in [-0.4, -0.2) is 13.1 Å². The lowest BCUT2D eigenvalue weighted by atomic mass is 9.92. The summed E-state index contributed by atoms with van der Waals surface area (Å²) < 4.78 is 1.30. The van der Waals surface area contributed by atoms with Crippen LogP contribution in [0.5, 0.6) is 0 Å². The van der Waals surface area contributed by atoms with E-state index >= 15 is 0 Å². The zero-order valence-electron chi connectivity index (χ0n) is 7.89. The first kappa shape index (κ1) is 10.7. The molecule has 0 bridgehead atoms. The van der Waals surface area contributed by atoms with Crippen LogP contribution in [0.3, 0.4) is 0 Å². The first-order valence-corrected chi connectivity index (χ1v) is 6.39. The molecule has 0 aromatic heterocycles. The van der Waals surface area contributed by atoms with E-state index in [-0.39, 0.29) is 0 Å². The highest BCUT2D eigenvalue weighted by Gasteiger charge is 2.19. The maximum absolute atomic E-state index is 6.23. The van der Waals surface area contributed by atoms with Gasteiger partial charge in [-0.2, -0.15) is 0 Å². The van der Waals surface area contributed by atoms with Crippen molar-refractivity contribution in [1.82, 2.24) is 5.32 Å². The van der Waals surface area contributed by atoms with Gasteiger partial charge in [-0.3, -0.25) is 0 Å². The number of halogens is 2. The number of nitrogens with one attached hydrogen (secondary N) is 1. The Morgan fingerprint density at radius 1 is 1.43 bits per heavy atom. The van der Waals surface area contributed by atoms with E-state index in [0.29, 0.717) is 5.92 Å². The summed E-state index contributed by atoms with van der Waals surface area (Å²) in [6, 6.07) is 6.15. The fourth-order valence-corrected chi connectivity index (χ4v) is 3.43. The smallest absolute Gasteiger partial charge is 0.0451 e. The van der Waals surface area contributed by atoms with Gasteiger partial charge in [0.2, 0.25) is 0 Å². The second kappa shape index (κ2) is 4.81. The molecule has 0 amide bonds. The quantitative estimate of drug-likeness (QED) is 0.782. The van der Waals surface area contributed by atoms with Gasteiger partial charge in [0.1, 0.15) is 0 Å². The summed E-state index contributed by atoms with van der Waals surface area (Å²) >= 11 is 8.61. The SMILES string of the molecule is Clc1cccc(I)c1C1CCCNC1. The first-order valence-electron chi connectivity index (χ1n) is 4.93. The fraction of sp³-hybridized carbons (Fsp3) is 0.455. The van der Waals surface area contributed by atoms with Gasteiger partial charge in [0.15, 0.2) is 0 Å². The summed E-state index contributed by atoms with van der Waals surface area (Å²) in [5.41, 5.74) is 1.34. The first-order chi connectivity index (χ1) is 6.79. The molecule has 1 nitrogen and oxygen atoms in total. The molecule has 0 saturated carbocycles. The van der Waals surface area contributed by atoms with Gasteiger partial charge in [0.05, 0.1) is 0 Å². The molecule has 1 fully saturated rings. The van der Waals surface area contributed by atoms with E-state index < -0.39 is 0 Å². The number of benzene rings is 1. The molecule has 2 rings (SSSR count). The molecular formula is C11H13ClIN. The molecule has 1 aliphatic heterocycles.